The van der Waals surface area contributed by atoms with Gasteiger partial charge in [-0.05, 0) is 49.8 Å². The van der Waals surface area contributed by atoms with Gasteiger partial charge in [-0.15, -0.1) is 0 Å². The lowest BCUT2D eigenvalue weighted by Crippen LogP contribution is -2.76. The van der Waals surface area contributed by atoms with Crippen LogP contribution in [0.3, 0.4) is 0 Å². The Morgan fingerprint density at radius 2 is 2.10 bits per heavy atom. The Balaban J connectivity index is 1.54. The number of ether oxygens (including phenoxy) is 2. The minimum absolute atomic E-state index is 0.0125. The van der Waals surface area contributed by atoms with E-state index in [9.17, 15) is 4.79 Å². The third kappa shape index (κ3) is 4.16. The van der Waals surface area contributed by atoms with Crippen LogP contribution >= 0.6 is 11.6 Å². The molecule has 31 heavy (non-hydrogen) atoms. The van der Waals surface area contributed by atoms with Gasteiger partial charge in [0.2, 0.25) is 0 Å². The summed E-state index contributed by atoms with van der Waals surface area (Å²) in [6, 6.07) is 5.47. The van der Waals surface area contributed by atoms with Crippen molar-refractivity contribution in [1.82, 2.24) is 19.9 Å². The molecule has 8 nitrogen and oxygen atoms in total. The Kier molecular flexibility index (Phi) is 6.50. The first-order chi connectivity index (χ1) is 15.0. The van der Waals surface area contributed by atoms with Crippen LogP contribution in [0, 0.1) is 5.92 Å². The van der Waals surface area contributed by atoms with E-state index in [-0.39, 0.29) is 23.7 Å². The fourth-order valence-electron chi connectivity index (χ4n) is 5.35. The number of urea groups is 1. The van der Waals surface area contributed by atoms with Gasteiger partial charge in [0.25, 0.3) is 0 Å². The molecule has 2 fully saturated rings. The van der Waals surface area contributed by atoms with E-state index < -0.39 is 0 Å². The molecule has 3 unspecified atom stereocenters. The molecule has 4 atom stereocenters. The molecule has 2 bridgehead atoms. The number of nitrogens with zero attached hydrogens (tertiary/aromatic N) is 4. The van der Waals surface area contributed by atoms with E-state index in [1.54, 1.807) is 37.7 Å². The molecule has 168 valence electrons. The van der Waals surface area contributed by atoms with Crippen LogP contribution in [-0.4, -0.2) is 63.9 Å². The van der Waals surface area contributed by atoms with Crippen LogP contribution in [0.4, 0.5) is 10.5 Å². The number of benzene rings is 1. The number of hydrogen-bond donors (Lipinski definition) is 1. The molecular weight excluding hydrogens is 418 g/mol. The van der Waals surface area contributed by atoms with Gasteiger partial charge >= 0.3 is 6.03 Å². The molecule has 9 heteroatoms. The maximum Gasteiger partial charge on any atom is 0.322 e. The number of rotatable bonds is 8. The van der Waals surface area contributed by atoms with Gasteiger partial charge in [-0.2, -0.15) is 15.0 Å². The van der Waals surface area contributed by atoms with Gasteiger partial charge in [-0.3, -0.25) is 0 Å². The molecule has 1 saturated carbocycles. The smallest absolute Gasteiger partial charge is 0.322 e. The SMILES string of the molecule is CCC(OCCOC)[C@@]12CC(C)CC(C1)N2C(=O)Nc1ccc(Cl)c(-n2nccn2)c1. The molecule has 2 aromatic rings. The van der Waals surface area contributed by atoms with E-state index in [0.717, 1.165) is 25.7 Å². The van der Waals surface area contributed by atoms with Crippen LogP contribution in [0.1, 0.15) is 39.5 Å². The third-order valence-corrected chi connectivity index (χ3v) is 6.76. The van der Waals surface area contributed by atoms with Crippen molar-refractivity contribution in [3.63, 3.8) is 0 Å². The lowest BCUT2D eigenvalue weighted by Gasteiger charge is -2.65. The highest BCUT2D eigenvalue weighted by atomic mass is 35.5. The number of hydrogen-bond acceptors (Lipinski definition) is 5. The number of likely N-dealkylation sites (tertiary alicyclic amines) is 1. The number of nitrogens with one attached hydrogen (secondary N) is 1. The van der Waals surface area contributed by atoms with Crippen LogP contribution in [0.5, 0.6) is 0 Å². The van der Waals surface area contributed by atoms with Gasteiger partial charge in [0.15, 0.2) is 0 Å². The molecule has 2 heterocycles. The summed E-state index contributed by atoms with van der Waals surface area (Å²) in [6.45, 7) is 5.47. The van der Waals surface area contributed by atoms with Crippen molar-refractivity contribution in [3.05, 3.63) is 35.6 Å². The zero-order valence-corrected chi connectivity index (χ0v) is 19.0. The first-order valence-corrected chi connectivity index (χ1v) is 11.2. The predicted octanol–water partition coefficient (Wildman–Crippen LogP) is 4.14. The summed E-state index contributed by atoms with van der Waals surface area (Å²) >= 11 is 6.31. The molecule has 1 aliphatic heterocycles. The maximum absolute atomic E-state index is 13.4. The predicted molar refractivity (Wildman–Crippen MR) is 119 cm³/mol. The normalized spacial score (nSPS) is 25.7. The first-order valence-electron chi connectivity index (χ1n) is 10.9. The standard InChI is InChI=1S/C22H30ClN5O3/c1-4-20(31-10-9-30-3)22-13-15(2)11-17(14-22)27(22)21(29)26-16-5-6-18(23)19(12-16)28-24-7-8-25-28/h5-8,12,15,17,20H,4,9-11,13-14H2,1-3H3,(H,26,29)/t15?,17?,20?,22-/m1/s1. The van der Waals surface area contributed by atoms with Crippen molar-refractivity contribution < 1.29 is 14.3 Å². The molecular formula is C22H30ClN5O3. The zero-order chi connectivity index (χ0) is 22.0. The summed E-state index contributed by atoms with van der Waals surface area (Å²) in [6.07, 6.45) is 6.96. The van der Waals surface area contributed by atoms with E-state index in [1.165, 1.54) is 4.80 Å². The summed E-state index contributed by atoms with van der Waals surface area (Å²) in [5.74, 6) is 0.566. The van der Waals surface area contributed by atoms with Crippen LogP contribution < -0.4 is 5.32 Å². The highest BCUT2D eigenvalue weighted by Gasteiger charge is 2.61. The molecule has 0 radical (unpaired) electrons. The number of aromatic nitrogens is 3. The number of carbonyl (C=O) groups excluding carboxylic acids is 1. The number of anilines is 1. The number of methoxy groups -OCH3 is 1. The first kappa shape index (κ1) is 22.0. The minimum Gasteiger partial charge on any atom is -0.382 e. The number of halogens is 1. The van der Waals surface area contributed by atoms with E-state index in [1.807, 2.05) is 4.90 Å². The van der Waals surface area contributed by atoms with Crippen molar-refractivity contribution >= 4 is 23.3 Å². The van der Waals surface area contributed by atoms with Gasteiger partial charge in [0.1, 0.15) is 5.69 Å². The zero-order valence-electron chi connectivity index (χ0n) is 18.3. The molecule has 1 aromatic carbocycles. The maximum atomic E-state index is 13.4. The molecule has 1 saturated heterocycles. The number of piperidine rings is 1. The van der Waals surface area contributed by atoms with Crippen molar-refractivity contribution in [3.8, 4) is 5.69 Å². The summed E-state index contributed by atoms with van der Waals surface area (Å²) in [5, 5.41) is 11.9. The number of amides is 2. The summed E-state index contributed by atoms with van der Waals surface area (Å²) in [4.78, 5) is 16.9. The van der Waals surface area contributed by atoms with Crippen LogP contribution in [0.25, 0.3) is 5.69 Å². The summed E-state index contributed by atoms with van der Waals surface area (Å²) in [5.41, 5.74) is 1.00. The highest BCUT2D eigenvalue weighted by molar-refractivity contribution is 6.32. The summed E-state index contributed by atoms with van der Waals surface area (Å²) < 4.78 is 11.3. The van der Waals surface area contributed by atoms with Gasteiger partial charge in [-0.1, -0.05) is 25.4 Å². The monoisotopic (exact) mass is 447 g/mol. The number of carbonyl (C=O) groups is 1. The topological polar surface area (TPSA) is 81.5 Å². The molecule has 2 aliphatic rings. The second-order valence-electron chi connectivity index (χ2n) is 8.55. The molecule has 1 aliphatic carbocycles. The van der Waals surface area contributed by atoms with Crippen molar-refractivity contribution in [2.24, 2.45) is 5.92 Å². The van der Waals surface area contributed by atoms with E-state index >= 15 is 0 Å². The Hall–Kier alpha value is -2.16. The van der Waals surface area contributed by atoms with Gasteiger partial charge in [0.05, 0.1) is 42.3 Å². The summed E-state index contributed by atoms with van der Waals surface area (Å²) in [7, 11) is 1.67. The van der Waals surface area contributed by atoms with E-state index in [2.05, 4.69) is 29.4 Å². The molecule has 4 rings (SSSR count). The van der Waals surface area contributed by atoms with Crippen LogP contribution in [-0.2, 0) is 9.47 Å². The molecule has 1 N–H and O–H groups in total. The second-order valence-corrected chi connectivity index (χ2v) is 8.96. The fraction of sp³-hybridized carbons (Fsp3) is 0.591. The quantitative estimate of drug-likeness (QED) is 0.615. The lowest BCUT2D eigenvalue weighted by molar-refractivity contribution is -0.173. The van der Waals surface area contributed by atoms with Crippen LogP contribution in [0.15, 0.2) is 30.6 Å². The average Bonchev–Trinajstić information content (AvgIpc) is 3.26. The molecule has 1 aromatic heterocycles. The number of fused-ring (bicyclic) bond motifs is 2. The van der Waals surface area contributed by atoms with Crippen molar-refractivity contribution in [1.29, 1.82) is 0 Å². The van der Waals surface area contributed by atoms with E-state index in [0.29, 0.717) is 35.5 Å². The van der Waals surface area contributed by atoms with Gasteiger partial charge < -0.3 is 19.7 Å². The largest absolute Gasteiger partial charge is 0.382 e. The minimum atomic E-state index is -0.270. The second kappa shape index (κ2) is 9.14. The van der Waals surface area contributed by atoms with E-state index in [4.69, 9.17) is 21.1 Å². The Labute approximate surface area is 187 Å². The highest BCUT2D eigenvalue weighted by Crippen LogP contribution is 2.53. The van der Waals surface area contributed by atoms with Gasteiger partial charge in [-0.25, -0.2) is 4.79 Å². The lowest BCUT2D eigenvalue weighted by atomic mass is 9.61. The Morgan fingerprint density at radius 1 is 1.32 bits per heavy atom. The van der Waals surface area contributed by atoms with Crippen LogP contribution in [0.2, 0.25) is 5.02 Å². The van der Waals surface area contributed by atoms with Gasteiger partial charge in [0, 0.05) is 18.8 Å². The fourth-order valence-corrected chi connectivity index (χ4v) is 5.54. The molecule has 0 spiro atoms. The Bertz CT molecular complexity index is 909. The third-order valence-electron chi connectivity index (χ3n) is 6.44. The average molecular weight is 448 g/mol. The van der Waals surface area contributed by atoms with Crippen molar-refractivity contribution in [2.75, 3.05) is 25.6 Å². The Morgan fingerprint density at radius 3 is 2.81 bits per heavy atom. The van der Waals surface area contributed by atoms with Crippen molar-refractivity contribution in [2.45, 2.75) is 57.2 Å². The molecule has 2 amide bonds.